The number of hydrogen-bond acceptors (Lipinski definition) is 3. The number of hydrogen-bond donors (Lipinski definition) is 1. The molecule has 0 saturated carbocycles. The van der Waals surface area contributed by atoms with E-state index in [1.54, 1.807) is 0 Å². The van der Waals surface area contributed by atoms with Crippen LogP contribution in [0.5, 0.6) is 0 Å². The van der Waals surface area contributed by atoms with Crippen LogP contribution in [-0.4, -0.2) is 30.6 Å². The van der Waals surface area contributed by atoms with Gasteiger partial charge in [0.1, 0.15) is 0 Å². The molecule has 0 aromatic carbocycles. The van der Waals surface area contributed by atoms with E-state index in [1.807, 2.05) is 11.3 Å². The van der Waals surface area contributed by atoms with E-state index in [-0.39, 0.29) is 0 Å². The summed E-state index contributed by atoms with van der Waals surface area (Å²) in [6.07, 6.45) is 5.21. The van der Waals surface area contributed by atoms with Gasteiger partial charge in [-0.25, -0.2) is 0 Å². The molecule has 1 aromatic rings. The number of piperidine rings is 1. The van der Waals surface area contributed by atoms with Gasteiger partial charge in [0.15, 0.2) is 0 Å². The van der Waals surface area contributed by atoms with Gasteiger partial charge in [-0.3, -0.25) is 0 Å². The SMILES string of the molecule is CCCN1CCCC(C(C)NC(CC)c2cccs2)C1. The summed E-state index contributed by atoms with van der Waals surface area (Å²) < 4.78 is 0. The van der Waals surface area contributed by atoms with Crippen molar-refractivity contribution in [3.8, 4) is 0 Å². The third-order valence-corrected chi connectivity index (χ3v) is 5.53. The van der Waals surface area contributed by atoms with E-state index in [0.29, 0.717) is 12.1 Å². The van der Waals surface area contributed by atoms with E-state index >= 15 is 0 Å². The molecule has 2 rings (SSSR count). The number of likely N-dealkylation sites (tertiary alicyclic amines) is 1. The van der Waals surface area contributed by atoms with E-state index in [2.05, 4.69) is 48.5 Å². The average molecular weight is 295 g/mol. The lowest BCUT2D eigenvalue weighted by Crippen LogP contribution is -2.45. The normalized spacial score (nSPS) is 23.6. The third kappa shape index (κ3) is 4.31. The van der Waals surface area contributed by atoms with Gasteiger partial charge >= 0.3 is 0 Å². The van der Waals surface area contributed by atoms with Crippen molar-refractivity contribution in [3.05, 3.63) is 22.4 Å². The molecule has 0 bridgehead atoms. The second-order valence-electron chi connectivity index (χ2n) is 6.13. The highest BCUT2D eigenvalue weighted by molar-refractivity contribution is 7.10. The lowest BCUT2D eigenvalue weighted by Gasteiger charge is -2.37. The van der Waals surface area contributed by atoms with Crippen LogP contribution in [-0.2, 0) is 0 Å². The van der Waals surface area contributed by atoms with Crippen LogP contribution in [0.25, 0.3) is 0 Å². The molecule has 2 nitrogen and oxygen atoms in total. The summed E-state index contributed by atoms with van der Waals surface area (Å²) in [5.74, 6) is 0.810. The molecule has 1 fully saturated rings. The Morgan fingerprint density at radius 1 is 1.45 bits per heavy atom. The monoisotopic (exact) mass is 294 g/mol. The molecule has 1 aliphatic heterocycles. The maximum absolute atomic E-state index is 3.89. The molecule has 2 heterocycles. The predicted octanol–water partition coefficient (Wildman–Crippen LogP) is 4.30. The van der Waals surface area contributed by atoms with Crippen LogP contribution >= 0.6 is 11.3 Å². The fourth-order valence-corrected chi connectivity index (χ4v) is 4.23. The van der Waals surface area contributed by atoms with E-state index in [1.165, 1.54) is 50.2 Å². The minimum Gasteiger partial charge on any atom is -0.306 e. The molecular formula is C17H30N2S. The largest absolute Gasteiger partial charge is 0.306 e. The second-order valence-corrected chi connectivity index (χ2v) is 7.11. The molecule has 0 spiro atoms. The van der Waals surface area contributed by atoms with Crippen molar-refractivity contribution in [2.24, 2.45) is 5.92 Å². The van der Waals surface area contributed by atoms with Gasteiger partial charge in [0.05, 0.1) is 0 Å². The van der Waals surface area contributed by atoms with E-state index in [9.17, 15) is 0 Å². The third-order valence-electron chi connectivity index (χ3n) is 4.55. The number of nitrogens with zero attached hydrogens (tertiary/aromatic N) is 1. The van der Waals surface area contributed by atoms with Crippen molar-refractivity contribution in [2.75, 3.05) is 19.6 Å². The Bertz CT molecular complexity index is 361. The Labute approximate surface area is 128 Å². The Morgan fingerprint density at radius 2 is 2.30 bits per heavy atom. The zero-order chi connectivity index (χ0) is 14.4. The number of rotatable bonds is 7. The summed E-state index contributed by atoms with van der Waals surface area (Å²) in [6.45, 7) is 10.8. The van der Waals surface area contributed by atoms with Crippen molar-refractivity contribution < 1.29 is 0 Å². The second kappa shape index (κ2) is 8.16. The van der Waals surface area contributed by atoms with Crippen molar-refractivity contribution >= 4 is 11.3 Å². The highest BCUT2D eigenvalue weighted by Crippen LogP contribution is 2.26. The molecule has 114 valence electrons. The Hall–Kier alpha value is -0.380. The molecule has 1 aliphatic rings. The van der Waals surface area contributed by atoms with Gasteiger partial charge in [-0.15, -0.1) is 11.3 Å². The van der Waals surface area contributed by atoms with Crippen LogP contribution in [0.15, 0.2) is 17.5 Å². The molecule has 3 atom stereocenters. The Morgan fingerprint density at radius 3 is 2.95 bits per heavy atom. The van der Waals surface area contributed by atoms with Crippen LogP contribution in [0.3, 0.4) is 0 Å². The molecule has 3 heteroatoms. The quantitative estimate of drug-likeness (QED) is 0.806. The van der Waals surface area contributed by atoms with Gasteiger partial charge in [-0.2, -0.15) is 0 Å². The summed E-state index contributed by atoms with van der Waals surface area (Å²) in [6, 6.07) is 5.58. The number of thiophene rings is 1. The van der Waals surface area contributed by atoms with Crippen LogP contribution < -0.4 is 5.32 Å². The standard InChI is InChI=1S/C17H30N2S/c1-4-10-19-11-6-8-15(13-19)14(3)18-16(5-2)17-9-7-12-20-17/h7,9,12,14-16,18H,4-6,8,10-11,13H2,1-3H3. The van der Waals surface area contributed by atoms with Gasteiger partial charge < -0.3 is 10.2 Å². The van der Waals surface area contributed by atoms with Crippen LogP contribution in [0, 0.1) is 5.92 Å². The minimum atomic E-state index is 0.534. The molecular weight excluding hydrogens is 264 g/mol. The van der Waals surface area contributed by atoms with Crippen molar-refractivity contribution in [3.63, 3.8) is 0 Å². The highest BCUT2D eigenvalue weighted by Gasteiger charge is 2.25. The topological polar surface area (TPSA) is 15.3 Å². The molecule has 1 N–H and O–H groups in total. The maximum Gasteiger partial charge on any atom is 0.0414 e. The first kappa shape index (κ1) is 16.0. The van der Waals surface area contributed by atoms with Gasteiger partial charge in [0.25, 0.3) is 0 Å². The zero-order valence-corrected chi connectivity index (χ0v) is 14.1. The van der Waals surface area contributed by atoms with Gasteiger partial charge in [-0.1, -0.05) is 19.9 Å². The molecule has 20 heavy (non-hydrogen) atoms. The summed E-state index contributed by atoms with van der Waals surface area (Å²) in [7, 11) is 0. The average Bonchev–Trinajstić information content (AvgIpc) is 2.99. The van der Waals surface area contributed by atoms with Crippen LogP contribution in [0.2, 0.25) is 0 Å². The molecule has 3 unspecified atom stereocenters. The highest BCUT2D eigenvalue weighted by atomic mass is 32.1. The molecule has 0 amide bonds. The van der Waals surface area contributed by atoms with Gasteiger partial charge in [0.2, 0.25) is 0 Å². The lowest BCUT2D eigenvalue weighted by molar-refractivity contribution is 0.146. The summed E-state index contributed by atoms with van der Waals surface area (Å²) in [4.78, 5) is 4.14. The lowest BCUT2D eigenvalue weighted by atomic mass is 9.90. The number of nitrogens with one attached hydrogen (secondary N) is 1. The summed E-state index contributed by atoms with van der Waals surface area (Å²) in [5.41, 5.74) is 0. The maximum atomic E-state index is 3.89. The molecule has 0 radical (unpaired) electrons. The van der Waals surface area contributed by atoms with Crippen LogP contribution in [0.4, 0.5) is 0 Å². The fraction of sp³-hybridized carbons (Fsp3) is 0.765. The van der Waals surface area contributed by atoms with Gasteiger partial charge in [0, 0.05) is 23.5 Å². The summed E-state index contributed by atoms with van der Waals surface area (Å²) in [5, 5.41) is 6.07. The van der Waals surface area contributed by atoms with Crippen molar-refractivity contribution in [1.82, 2.24) is 10.2 Å². The first-order valence-electron chi connectivity index (χ1n) is 8.26. The molecule has 0 aliphatic carbocycles. The first-order chi connectivity index (χ1) is 9.74. The molecule has 1 saturated heterocycles. The first-order valence-corrected chi connectivity index (χ1v) is 9.14. The van der Waals surface area contributed by atoms with Crippen molar-refractivity contribution in [2.45, 2.75) is 58.5 Å². The van der Waals surface area contributed by atoms with E-state index in [4.69, 9.17) is 0 Å². The fourth-order valence-electron chi connectivity index (χ4n) is 3.36. The van der Waals surface area contributed by atoms with Crippen LogP contribution in [0.1, 0.15) is 57.4 Å². The van der Waals surface area contributed by atoms with Crippen molar-refractivity contribution in [1.29, 1.82) is 0 Å². The summed E-state index contributed by atoms with van der Waals surface area (Å²) >= 11 is 1.88. The van der Waals surface area contributed by atoms with E-state index in [0.717, 1.165) is 5.92 Å². The minimum absolute atomic E-state index is 0.534. The Balaban J connectivity index is 1.88. The zero-order valence-electron chi connectivity index (χ0n) is 13.3. The predicted molar refractivity (Wildman–Crippen MR) is 89.4 cm³/mol. The van der Waals surface area contributed by atoms with E-state index < -0.39 is 0 Å². The molecule has 1 aromatic heterocycles. The smallest absolute Gasteiger partial charge is 0.0414 e. The van der Waals surface area contributed by atoms with Gasteiger partial charge in [-0.05, 0) is 63.1 Å². The Kier molecular flexibility index (Phi) is 6.53.